The second kappa shape index (κ2) is 9.62. The molecular weight excluding hydrogens is 526 g/mol. The molecule has 0 unspecified atom stereocenters. The van der Waals surface area contributed by atoms with Gasteiger partial charge in [0.25, 0.3) is 5.91 Å². The highest BCUT2D eigenvalue weighted by Crippen LogP contribution is 2.28. The first-order chi connectivity index (χ1) is 16.8. The zero-order valence-electron chi connectivity index (χ0n) is 20.3. The fourth-order valence-electron chi connectivity index (χ4n) is 4.51. The average Bonchev–Trinajstić information content (AvgIpc) is 3.61. The first-order valence-electron chi connectivity index (χ1n) is 11.7. The summed E-state index contributed by atoms with van der Waals surface area (Å²) in [4.78, 5) is 13.6. The predicted molar refractivity (Wildman–Crippen MR) is 142 cm³/mol. The van der Waals surface area contributed by atoms with Crippen LogP contribution in [0.2, 0.25) is 0 Å². The quantitative estimate of drug-likeness (QED) is 0.306. The summed E-state index contributed by atoms with van der Waals surface area (Å²) in [6.07, 6.45) is 3.51. The molecule has 3 aromatic heterocycles. The predicted octanol–water partition coefficient (Wildman–Crippen LogP) is 5.96. The topological polar surface area (TPSA) is 74.0 Å². The number of aromatic nitrogens is 4. The lowest BCUT2D eigenvalue weighted by molar-refractivity contribution is 0.103. The van der Waals surface area contributed by atoms with Crippen molar-refractivity contribution in [3.63, 3.8) is 0 Å². The lowest BCUT2D eigenvalue weighted by Gasteiger charge is -2.08. The minimum absolute atomic E-state index is 0.140. The Bertz CT molecular complexity index is 1420. The van der Waals surface area contributed by atoms with Gasteiger partial charge in [0.1, 0.15) is 19.0 Å². The number of benzene rings is 1. The molecule has 0 saturated heterocycles. The summed E-state index contributed by atoms with van der Waals surface area (Å²) >= 11 is 4.99. The maximum atomic E-state index is 13.0. The van der Waals surface area contributed by atoms with Crippen molar-refractivity contribution in [1.82, 2.24) is 19.6 Å². The van der Waals surface area contributed by atoms with Crippen LogP contribution in [0, 0.1) is 27.7 Å². The van der Waals surface area contributed by atoms with Crippen LogP contribution < -0.4 is 10.1 Å². The van der Waals surface area contributed by atoms with Crippen molar-refractivity contribution in [2.24, 2.45) is 0 Å². The number of hydrogen-bond acceptors (Lipinski definition) is 5. The number of halogens is 1. The van der Waals surface area contributed by atoms with Gasteiger partial charge in [-0.3, -0.25) is 4.79 Å². The molecule has 182 valence electrons. The van der Waals surface area contributed by atoms with Gasteiger partial charge in [-0.05, 0) is 97.6 Å². The number of carbonyl (C=O) groups is 1. The van der Waals surface area contributed by atoms with E-state index >= 15 is 0 Å². The Morgan fingerprint density at radius 1 is 1.06 bits per heavy atom. The van der Waals surface area contributed by atoms with Crippen LogP contribution in [0.1, 0.15) is 55.6 Å². The molecule has 0 spiro atoms. The highest BCUT2D eigenvalue weighted by atomic mass is 79.9. The van der Waals surface area contributed by atoms with Crippen LogP contribution in [0.4, 0.5) is 5.69 Å². The number of amides is 1. The maximum Gasteiger partial charge on any atom is 0.265 e. The van der Waals surface area contributed by atoms with Crippen LogP contribution in [0.5, 0.6) is 5.75 Å². The van der Waals surface area contributed by atoms with Gasteiger partial charge in [-0.2, -0.15) is 10.2 Å². The van der Waals surface area contributed by atoms with E-state index in [1.165, 1.54) is 28.9 Å². The molecule has 0 radical (unpaired) electrons. The summed E-state index contributed by atoms with van der Waals surface area (Å²) in [5.41, 5.74) is 8.18. The highest BCUT2D eigenvalue weighted by Gasteiger charge is 2.18. The summed E-state index contributed by atoms with van der Waals surface area (Å²) in [6, 6.07) is 8.26. The third-order valence-electron chi connectivity index (χ3n) is 6.53. The molecule has 3 heterocycles. The molecular formula is C26H28BrN5O2S. The molecule has 0 saturated carbocycles. The van der Waals surface area contributed by atoms with E-state index in [1.54, 1.807) is 0 Å². The van der Waals surface area contributed by atoms with Gasteiger partial charge in [-0.1, -0.05) is 6.07 Å². The normalized spacial score (nSPS) is 12.7. The minimum atomic E-state index is -0.140. The number of hydrogen-bond donors (Lipinski definition) is 1. The number of fused-ring (bicyclic) bond motifs is 1. The van der Waals surface area contributed by atoms with Crippen LogP contribution >= 0.6 is 27.3 Å². The van der Waals surface area contributed by atoms with Crippen molar-refractivity contribution >= 4 is 38.9 Å². The van der Waals surface area contributed by atoms with E-state index in [2.05, 4.69) is 43.6 Å². The van der Waals surface area contributed by atoms with Crippen LogP contribution in [0.3, 0.4) is 0 Å². The Labute approximate surface area is 217 Å². The molecule has 0 fully saturated rings. The second-order valence-electron chi connectivity index (χ2n) is 9.02. The van der Waals surface area contributed by atoms with Crippen LogP contribution in [-0.4, -0.2) is 25.5 Å². The van der Waals surface area contributed by atoms with Gasteiger partial charge in [-0.25, -0.2) is 9.36 Å². The SMILES string of the molecule is Cc1nn(Cn2nc(C)c(NC(=O)c3cc(COc4ccc5c(c4)CCC5)cs3)c2C)c(C)c1Br. The van der Waals surface area contributed by atoms with Gasteiger partial charge in [0.2, 0.25) is 0 Å². The Balaban J connectivity index is 1.24. The molecule has 35 heavy (non-hydrogen) atoms. The van der Waals surface area contributed by atoms with E-state index in [0.29, 0.717) is 18.2 Å². The molecule has 0 aliphatic heterocycles. The smallest absolute Gasteiger partial charge is 0.265 e. The van der Waals surface area contributed by atoms with Crippen molar-refractivity contribution < 1.29 is 9.53 Å². The molecule has 1 aromatic carbocycles. The Hall–Kier alpha value is -2.91. The Morgan fingerprint density at radius 2 is 1.80 bits per heavy atom. The number of thiophene rings is 1. The van der Waals surface area contributed by atoms with Gasteiger partial charge in [0.05, 0.1) is 37.8 Å². The third kappa shape index (κ3) is 4.79. The third-order valence-corrected chi connectivity index (χ3v) is 8.66. The van der Waals surface area contributed by atoms with Gasteiger partial charge in [0, 0.05) is 5.56 Å². The standard InChI is InChI=1S/C26H28BrN5O2S/c1-15-24(27)17(3)31(29-15)14-32-18(4)25(16(2)30-32)28-26(33)23-10-19(13-35-23)12-34-22-9-8-20-6-5-7-21(20)11-22/h8-11,13H,5-7,12,14H2,1-4H3,(H,28,33). The van der Waals surface area contributed by atoms with Gasteiger partial charge in [-0.15, -0.1) is 11.3 Å². The number of rotatable bonds is 7. The molecule has 7 nitrogen and oxygen atoms in total. The lowest BCUT2D eigenvalue weighted by Crippen LogP contribution is -2.15. The maximum absolute atomic E-state index is 13.0. The summed E-state index contributed by atoms with van der Waals surface area (Å²) in [6.45, 7) is 8.76. The first-order valence-corrected chi connectivity index (χ1v) is 13.3. The fourth-order valence-corrected chi connectivity index (χ4v) is 5.58. The molecule has 1 amide bonds. The average molecular weight is 555 g/mol. The van der Waals surface area contributed by atoms with Crippen LogP contribution in [0.15, 0.2) is 34.1 Å². The number of carbonyl (C=O) groups excluding carboxylic acids is 1. The van der Waals surface area contributed by atoms with Crippen LogP contribution in [0.25, 0.3) is 0 Å². The van der Waals surface area contributed by atoms with E-state index in [-0.39, 0.29) is 5.91 Å². The fraction of sp³-hybridized carbons (Fsp3) is 0.346. The minimum Gasteiger partial charge on any atom is -0.489 e. The Kier molecular flexibility index (Phi) is 6.55. The second-order valence-corrected chi connectivity index (χ2v) is 10.7. The Morgan fingerprint density at radius 3 is 2.57 bits per heavy atom. The molecule has 1 aliphatic carbocycles. The van der Waals surface area contributed by atoms with Crippen molar-refractivity contribution in [2.45, 2.75) is 60.2 Å². The molecule has 4 aromatic rings. The summed E-state index contributed by atoms with van der Waals surface area (Å²) in [7, 11) is 0. The van der Waals surface area contributed by atoms with Crippen molar-refractivity contribution in [3.05, 3.63) is 78.5 Å². The zero-order chi connectivity index (χ0) is 24.7. The number of ether oxygens (including phenoxy) is 1. The van der Waals surface area contributed by atoms with E-state index < -0.39 is 0 Å². The van der Waals surface area contributed by atoms with E-state index in [4.69, 9.17) is 4.74 Å². The molecule has 0 bridgehead atoms. The molecule has 0 atom stereocenters. The van der Waals surface area contributed by atoms with Crippen LogP contribution in [-0.2, 0) is 26.1 Å². The summed E-state index contributed by atoms with van der Waals surface area (Å²) < 4.78 is 10.8. The summed E-state index contributed by atoms with van der Waals surface area (Å²) in [5, 5.41) is 14.2. The molecule has 9 heteroatoms. The van der Waals surface area contributed by atoms with Crippen molar-refractivity contribution in [3.8, 4) is 5.75 Å². The summed E-state index contributed by atoms with van der Waals surface area (Å²) in [5.74, 6) is 0.745. The van der Waals surface area contributed by atoms with E-state index in [1.807, 2.05) is 54.6 Å². The number of aryl methyl sites for hydroxylation is 4. The van der Waals surface area contributed by atoms with Crippen molar-refractivity contribution in [1.29, 1.82) is 0 Å². The molecule has 1 N–H and O–H groups in total. The van der Waals surface area contributed by atoms with Gasteiger partial charge < -0.3 is 10.1 Å². The molecule has 5 rings (SSSR count). The number of nitrogens with one attached hydrogen (secondary N) is 1. The highest BCUT2D eigenvalue weighted by molar-refractivity contribution is 9.10. The van der Waals surface area contributed by atoms with Gasteiger partial charge in [0.15, 0.2) is 0 Å². The van der Waals surface area contributed by atoms with E-state index in [0.717, 1.165) is 57.1 Å². The van der Waals surface area contributed by atoms with Gasteiger partial charge >= 0.3 is 0 Å². The molecule has 1 aliphatic rings. The monoisotopic (exact) mass is 553 g/mol. The largest absolute Gasteiger partial charge is 0.489 e. The zero-order valence-corrected chi connectivity index (χ0v) is 22.7. The lowest BCUT2D eigenvalue weighted by atomic mass is 10.1. The van der Waals surface area contributed by atoms with Crippen molar-refractivity contribution in [2.75, 3.05) is 5.32 Å². The number of nitrogens with zero attached hydrogens (tertiary/aromatic N) is 4. The number of anilines is 1. The van der Waals surface area contributed by atoms with E-state index in [9.17, 15) is 4.79 Å². The first kappa shape index (κ1) is 23.8.